The number of rotatable bonds is 4. The van der Waals surface area contributed by atoms with Gasteiger partial charge in [-0.25, -0.2) is 4.79 Å². The van der Waals surface area contributed by atoms with E-state index in [9.17, 15) is 4.79 Å². The van der Waals surface area contributed by atoms with Crippen molar-refractivity contribution in [2.75, 3.05) is 0 Å². The van der Waals surface area contributed by atoms with Gasteiger partial charge in [-0.1, -0.05) is 68.8 Å². The smallest absolute Gasteiger partial charge is 0.360 e. The summed E-state index contributed by atoms with van der Waals surface area (Å²) >= 11 is 24.5. The number of carbonyl (C=O) groups is 1. The van der Waals surface area contributed by atoms with Gasteiger partial charge in [0.15, 0.2) is 0 Å². The highest BCUT2D eigenvalue weighted by molar-refractivity contribution is 6.39. The second kappa shape index (κ2) is 8.31. The Bertz CT molecular complexity index is 1010. The summed E-state index contributed by atoms with van der Waals surface area (Å²) in [5.41, 5.74) is 1.01. The molecule has 2 aromatic carbocycles. The monoisotopic (exact) mass is 442 g/mol. The quantitative estimate of drug-likeness (QED) is 0.264. The van der Waals surface area contributed by atoms with Crippen LogP contribution in [0, 0.1) is 6.92 Å². The van der Waals surface area contributed by atoms with E-state index in [-0.39, 0.29) is 17.0 Å². The van der Waals surface area contributed by atoms with Gasteiger partial charge in [0, 0.05) is 11.1 Å². The molecular formula is C18H10Cl4N2O3. The molecule has 0 saturated heterocycles. The van der Waals surface area contributed by atoms with Gasteiger partial charge in [0.25, 0.3) is 0 Å². The van der Waals surface area contributed by atoms with Gasteiger partial charge >= 0.3 is 5.97 Å². The molecule has 0 radical (unpaired) electrons. The first kappa shape index (κ1) is 19.7. The number of benzene rings is 2. The number of oxime groups is 1. The largest absolute Gasteiger partial charge is 0.371 e. The molecule has 0 fully saturated rings. The molecule has 0 aliphatic heterocycles. The Labute approximate surface area is 174 Å². The van der Waals surface area contributed by atoms with E-state index in [0.29, 0.717) is 31.2 Å². The SMILES string of the molecule is Cc1onc(-c2c(Cl)cccc2Cl)c1C(=O)ON=Cc1c(Cl)cccc1Cl. The first-order valence-corrected chi connectivity index (χ1v) is 9.00. The minimum atomic E-state index is -0.792. The molecule has 0 N–H and O–H groups in total. The maximum Gasteiger partial charge on any atom is 0.371 e. The van der Waals surface area contributed by atoms with E-state index < -0.39 is 5.97 Å². The summed E-state index contributed by atoms with van der Waals surface area (Å²) in [7, 11) is 0. The highest BCUT2D eigenvalue weighted by Crippen LogP contribution is 2.37. The molecule has 0 amide bonds. The zero-order valence-electron chi connectivity index (χ0n) is 13.7. The zero-order valence-corrected chi connectivity index (χ0v) is 16.7. The van der Waals surface area contributed by atoms with Crippen molar-refractivity contribution in [3.8, 4) is 11.3 Å². The van der Waals surface area contributed by atoms with Gasteiger partial charge in [-0.3, -0.25) is 0 Å². The van der Waals surface area contributed by atoms with Crippen molar-refractivity contribution in [3.05, 3.63) is 73.4 Å². The van der Waals surface area contributed by atoms with E-state index in [1.165, 1.54) is 6.21 Å². The predicted molar refractivity (Wildman–Crippen MR) is 106 cm³/mol. The molecule has 3 aromatic rings. The molecule has 1 heterocycles. The van der Waals surface area contributed by atoms with Crippen molar-refractivity contribution in [3.63, 3.8) is 0 Å². The summed E-state index contributed by atoms with van der Waals surface area (Å²) in [5.74, 6) is -0.559. The second-order valence-electron chi connectivity index (χ2n) is 5.31. The Morgan fingerprint density at radius 2 is 1.59 bits per heavy atom. The number of carbonyl (C=O) groups excluding carboxylic acids is 1. The van der Waals surface area contributed by atoms with Gasteiger partial charge in [0.05, 0.1) is 26.3 Å². The van der Waals surface area contributed by atoms with Crippen LogP contribution < -0.4 is 0 Å². The molecule has 27 heavy (non-hydrogen) atoms. The van der Waals surface area contributed by atoms with Crippen LogP contribution in [0.3, 0.4) is 0 Å². The van der Waals surface area contributed by atoms with Crippen LogP contribution in [0.1, 0.15) is 21.7 Å². The highest BCUT2D eigenvalue weighted by Gasteiger charge is 2.26. The Morgan fingerprint density at radius 1 is 1.04 bits per heavy atom. The lowest BCUT2D eigenvalue weighted by atomic mass is 10.1. The standard InChI is InChI=1S/C18H10Cl4N2O3/c1-9-15(17(24-26-9)16-13(21)6-3-7-14(16)22)18(25)27-23-8-10-11(19)4-2-5-12(10)20/h2-8H,1H3. The number of halogens is 4. The topological polar surface area (TPSA) is 64.7 Å². The molecule has 0 saturated carbocycles. The molecule has 0 atom stereocenters. The van der Waals surface area contributed by atoms with Crippen LogP contribution in [0.25, 0.3) is 11.3 Å². The van der Waals surface area contributed by atoms with Crippen molar-refractivity contribution in [2.24, 2.45) is 5.16 Å². The fourth-order valence-corrected chi connectivity index (χ4v) is 3.39. The van der Waals surface area contributed by atoms with Gasteiger partial charge in [0.2, 0.25) is 0 Å². The van der Waals surface area contributed by atoms with E-state index in [1.54, 1.807) is 43.3 Å². The number of aryl methyl sites for hydroxylation is 1. The van der Waals surface area contributed by atoms with E-state index in [1.807, 2.05) is 0 Å². The van der Waals surface area contributed by atoms with E-state index in [2.05, 4.69) is 10.3 Å². The van der Waals surface area contributed by atoms with Crippen molar-refractivity contribution in [1.82, 2.24) is 5.16 Å². The molecule has 1 aromatic heterocycles. The third-order valence-electron chi connectivity index (χ3n) is 3.58. The van der Waals surface area contributed by atoms with Crippen LogP contribution >= 0.6 is 46.4 Å². The molecule has 3 rings (SSSR count). The van der Waals surface area contributed by atoms with Crippen molar-refractivity contribution >= 4 is 58.6 Å². The minimum Gasteiger partial charge on any atom is -0.360 e. The van der Waals surface area contributed by atoms with Crippen LogP contribution in [0.4, 0.5) is 0 Å². The van der Waals surface area contributed by atoms with Gasteiger partial charge in [-0.2, -0.15) is 0 Å². The predicted octanol–water partition coefficient (Wildman–Crippen LogP) is 6.45. The van der Waals surface area contributed by atoms with Crippen molar-refractivity contribution < 1.29 is 14.2 Å². The molecule has 5 nitrogen and oxygen atoms in total. The fourth-order valence-electron chi connectivity index (χ4n) is 2.31. The number of nitrogens with zero attached hydrogens (tertiary/aromatic N) is 2. The maximum atomic E-state index is 12.5. The molecule has 0 aliphatic carbocycles. The molecule has 138 valence electrons. The minimum absolute atomic E-state index is 0.0624. The zero-order chi connectivity index (χ0) is 19.6. The molecule has 0 aliphatic rings. The van der Waals surface area contributed by atoms with E-state index in [4.69, 9.17) is 55.8 Å². The Morgan fingerprint density at radius 3 is 2.19 bits per heavy atom. The van der Waals surface area contributed by atoms with E-state index in [0.717, 1.165) is 0 Å². The first-order valence-electron chi connectivity index (χ1n) is 7.49. The van der Waals surface area contributed by atoms with Crippen LogP contribution in [0.15, 0.2) is 46.1 Å². The van der Waals surface area contributed by atoms with Crippen LogP contribution in [0.5, 0.6) is 0 Å². The van der Waals surface area contributed by atoms with Crippen molar-refractivity contribution in [1.29, 1.82) is 0 Å². The molecular weight excluding hydrogens is 434 g/mol. The maximum absolute atomic E-state index is 12.5. The Kier molecular flexibility index (Phi) is 6.07. The third kappa shape index (κ3) is 4.12. The Balaban J connectivity index is 1.91. The number of hydrogen-bond donors (Lipinski definition) is 0. The summed E-state index contributed by atoms with van der Waals surface area (Å²) in [6.45, 7) is 1.56. The van der Waals surface area contributed by atoms with Crippen LogP contribution in [0.2, 0.25) is 20.1 Å². The van der Waals surface area contributed by atoms with Gasteiger partial charge in [-0.05, 0) is 31.2 Å². The Hall–Kier alpha value is -2.05. The average Bonchev–Trinajstić information content (AvgIpc) is 2.98. The van der Waals surface area contributed by atoms with Crippen molar-refractivity contribution in [2.45, 2.75) is 6.92 Å². The summed E-state index contributed by atoms with van der Waals surface area (Å²) in [6, 6.07) is 9.89. The molecule has 0 spiro atoms. The molecule has 0 bridgehead atoms. The lowest BCUT2D eigenvalue weighted by Crippen LogP contribution is -2.04. The molecule has 0 unspecified atom stereocenters. The number of aromatic nitrogens is 1. The summed E-state index contributed by atoms with van der Waals surface area (Å²) < 4.78 is 5.12. The third-order valence-corrected chi connectivity index (χ3v) is 4.87. The van der Waals surface area contributed by atoms with Crippen LogP contribution in [-0.4, -0.2) is 17.3 Å². The second-order valence-corrected chi connectivity index (χ2v) is 6.94. The highest BCUT2D eigenvalue weighted by atomic mass is 35.5. The average molecular weight is 444 g/mol. The van der Waals surface area contributed by atoms with E-state index >= 15 is 0 Å². The van der Waals surface area contributed by atoms with Gasteiger partial charge in [0.1, 0.15) is 17.0 Å². The number of hydrogen-bond acceptors (Lipinski definition) is 5. The summed E-state index contributed by atoms with van der Waals surface area (Å²) in [4.78, 5) is 17.5. The molecule has 9 heteroatoms. The van der Waals surface area contributed by atoms with Gasteiger partial charge in [-0.15, -0.1) is 0 Å². The normalized spacial score (nSPS) is 11.1. The van der Waals surface area contributed by atoms with Gasteiger partial charge < -0.3 is 9.36 Å². The lowest BCUT2D eigenvalue weighted by molar-refractivity contribution is 0.0518. The first-order chi connectivity index (χ1) is 12.9. The fraction of sp³-hybridized carbons (Fsp3) is 0.0556. The lowest BCUT2D eigenvalue weighted by Gasteiger charge is -2.05. The summed E-state index contributed by atoms with van der Waals surface area (Å²) in [5, 5.41) is 8.91. The van der Waals surface area contributed by atoms with Crippen LogP contribution in [-0.2, 0) is 4.84 Å². The summed E-state index contributed by atoms with van der Waals surface area (Å²) in [6.07, 6.45) is 1.24.